The Labute approximate surface area is 137 Å². The molecule has 2 aromatic rings. The fourth-order valence-electron chi connectivity index (χ4n) is 1.90. The van der Waals surface area contributed by atoms with Crippen molar-refractivity contribution in [1.29, 1.82) is 0 Å². The third kappa shape index (κ3) is 4.61. The molecule has 6 nitrogen and oxygen atoms in total. The third-order valence-electron chi connectivity index (χ3n) is 3.19. The lowest BCUT2D eigenvalue weighted by Gasteiger charge is -2.14. The van der Waals surface area contributed by atoms with Crippen LogP contribution < -0.4 is 10.6 Å². The number of carbonyl (C=O) groups excluding carboxylic acids is 2. The Morgan fingerprint density at radius 3 is 2.29 bits per heavy atom. The summed E-state index contributed by atoms with van der Waals surface area (Å²) in [4.78, 5) is 23.6. The van der Waals surface area contributed by atoms with Gasteiger partial charge in [0.05, 0.1) is 6.54 Å². The van der Waals surface area contributed by atoms with Gasteiger partial charge in [0.2, 0.25) is 5.91 Å². The first kappa shape index (κ1) is 17.6. The van der Waals surface area contributed by atoms with Gasteiger partial charge in [0.1, 0.15) is 11.6 Å². The first-order valence-electron chi connectivity index (χ1n) is 7.25. The molecule has 0 aliphatic carbocycles. The number of halogens is 2. The molecule has 0 radical (unpaired) electrons. The average molecular weight is 336 g/mol. The summed E-state index contributed by atoms with van der Waals surface area (Å²) in [5, 5.41) is 11.6. The molecule has 1 heterocycles. The Kier molecular flexibility index (Phi) is 4.96. The summed E-state index contributed by atoms with van der Waals surface area (Å²) in [6.45, 7) is 5.62. The molecule has 0 unspecified atom stereocenters. The van der Waals surface area contributed by atoms with Gasteiger partial charge in [-0.2, -0.15) is 5.10 Å². The minimum absolute atomic E-state index is 0.147. The van der Waals surface area contributed by atoms with Crippen molar-refractivity contribution in [1.82, 2.24) is 15.5 Å². The van der Waals surface area contributed by atoms with E-state index in [0.717, 1.165) is 17.8 Å². The van der Waals surface area contributed by atoms with Crippen LogP contribution in [-0.4, -0.2) is 28.6 Å². The molecule has 3 N–H and O–H groups in total. The maximum Gasteiger partial charge on any atom is 0.251 e. The molecular weight excluding hydrogens is 318 g/mol. The van der Waals surface area contributed by atoms with Gasteiger partial charge in [-0.05, 0) is 12.1 Å². The quantitative estimate of drug-likeness (QED) is 0.801. The van der Waals surface area contributed by atoms with Gasteiger partial charge in [0.15, 0.2) is 5.82 Å². The third-order valence-corrected chi connectivity index (χ3v) is 3.19. The van der Waals surface area contributed by atoms with Crippen molar-refractivity contribution in [3.8, 4) is 0 Å². The number of rotatable bonds is 4. The summed E-state index contributed by atoms with van der Waals surface area (Å²) in [5.74, 6) is -2.66. The zero-order valence-corrected chi connectivity index (χ0v) is 13.5. The van der Waals surface area contributed by atoms with Crippen LogP contribution in [0.2, 0.25) is 0 Å². The molecule has 1 aromatic carbocycles. The van der Waals surface area contributed by atoms with Gasteiger partial charge in [-0.25, -0.2) is 8.78 Å². The molecule has 0 atom stereocenters. The Hall–Kier alpha value is -2.77. The molecule has 0 aliphatic rings. The van der Waals surface area contributed by atoms with Crippen molar-refractivity contribution < 1.29 is 18.4 Å². The Bertz CT molecular complexity index is 745. The van der Waals surface area contributed by atoms with Crippen molar-refractivity contribution >= 4 is 17.6 Å². The topological polar surface area (TPSA) is 86.9 Å². The predicted octanol–water partition coefficient (Wildman–Crippen LogP) is 2.35. The van der Waals surface area contributed by atoms with Gasteiger partial charge >= 0.3 is 0 Å². The van der Waals surface area contributed by atoms with Crippen LogP contribution in [-0.2, 0) is 10.2 Å². The second kappa shape index (κ2) is 6.77. The number of hydrogen-bond donors (Lipinski definition) is 3. The van der Waals surface area contributed by atoms with Crippen molar-refractivity contribution in [2.45, 2.75) is 26.2 Å². The molecule has 24 heavy (non-hydrogen) atoms. The Balaban J connectivity index is 1.91. The van der Waals surface area contributed by atoms with E-state index in [0.29, 0.717) is 11.9 Å². The molecule has 8 heteroatoms. The van der Waals surface area contributed by atoms with Gasteiger partial charge < -0.3 is 10.6 Å². The van der Waals surface area contributed by atoms with Gasteiger partial charge in [-0.15, -0.1) is 0 Å². The van der Waals surface area contributed by atoms with Crippen LogP contribution in [0, 0.1) is 11.6 Å². The fraction of sp³-hybridized carbons (Fsp3) is 0.312. The molecule has 128 valence electrons. The zero-order valence-electron chi connectivity index (χ0n) is 13.5. The van der Waals surface area contributed by atoms with E-state index in [1.807, 2.05) is 20.8 Å². The number of amides is 2. The van der Waals surface area contributed by atoms with Crippen molar-refractivity contribution in [3.05, 3.63) is 47.2 Å². The lowest BCUT2D eigenvalue weighted by atomic mass is 9.92. The minimum atomic E-state index is -0.865. The van der Waals surface area contributed by atoms with Gasteiger partial charge in [0.25, 0.3) is 5.91 Å². The number of benzene rings is 1. The highest BCUT2D eigenvalue weighted by Crippen LogP contribution is 2.21. The number of aromatic nitrogens is 2. The maximum atomic E-state index is 13.1. The highest BCUT2D eigenvalue weighted by Gasteiger charge is 2.17. The molecule has 0 saturated heterocycles. The fourth-order valence-corrected chi connectivity index (χ4v) is 1.90. The van der Waals surface area contributed by atoms with E-state index in [1.54, 1.807) is 6.07 Å². The van der Waals surface area contributed by atoms with E-state index < -0.39 is 23.4 Å². The first-order valence-corrected chi connectivity index (χ1v) is 7.25. The van der Waals surface area contributed by atoms with Gasteiger partial charge in [0, 0.05) is 28.8 Å². The van der Waals surface area contributed by atoms with Crippen LogP contribution in [0.4, 0.5) is 14.6 Å². The molecular formula is C16H18F2N4O2. The van der Waals surface area contributed by atoms with Crippen LogP contribution >= 0.6 is 0 Å². The second-order valence-electron chi connectivity index (χ2n) is 6.31. The Morgan fingerprint density at radius 1 is 1.12 bits per heavy atom. The normalized spacial score (nSPS) is 11.2. The average Bonchev–Trinajstić information content (AvgIpc) is 2.92. The monoisotopic (exact) mass is 336 g/mol. The van der Waals surface area contributed by atoms with Crippen LogP contribution in [0.1, 0.15) is 36.8 Å². The van der Waals surface area contributed by atoms with Crippen LogP contribution in [0.3, 0.4) is 0 Å². The maximum absolute atomic E-state index is 13.1. The standard InChI is InChI=1S/C16H18F2N4O2/c1-16(2,3)12-7-13(22-21-12)20-14(23)8-19-15(24)9-4-10(17)6-11(18)5-9/h4-7H,8H2,1-3H3,(H,19,24)(H2,20,21,22,23). The van der Waals surface area contributed by atoms with E-state index >= 15 is 0 Å². The smallest absolute Gasteiger partial charge is 0.251 e. The molecule has 0 spiro atoms. The summed E-state index contributed by atoms with van der Waals surface area (Å²) in [6, 6.07) is 4.13. The second-order valence-corrected chi connectivity index (χ2v) is 6.31. The van der Waals surface area contributed by atoms with E-state index in [-0.39, 0.29) is 17.5 Å². The number of carbonyl (C=O) groups is 2. The summed E-state index contributed by atoms with van der Waals surface area (Å²) in [7, 11) is 0. The summed E-state index contributed by atoms with van der Waals surface area (Å²) in [6.07, 6.45) is 0. The molecule has 2 rings (SSSR count). The highest BCUT2D eigenvalue weighted by molar-refractivity contribution is 5.99. The van der Waals surface area contributed by atoms with Gasteiger partial charge in [-0.1, -0.05) is 20.8 Å². The van der Waals surface area contributed by atoms with Crippen molar-refractivity contribution in [2.24, 2.45) is 0 Å². The first-order chi connectivity index (χ1) is 11.1. The largest absolute Gasteiger partial charge is 0.343 e. The van der Waals surface area contributed by atoms with Crippen LogP contribution in [0.15, 0.2) is 24.3 Å². The van der Waals surface area contributed by atoms with E-state index in [1.165, 1.54) is 0 Å². The SMILES string of the molecule is CC(C)(C)c1cc(NC(=O)CNC(=O)c2cc(F)cc(F)c2)n[nH]1. The van der Waals surface area contributed by atoms with E-state index in [4.69, 9.17) is 0 Å². The summed E-state index contributed by atoms with van der Waals surface area (Å²) in [5.41, 5.74) is 0.498. The zero-order chi connectivity index (χ0) is 17.9. The number of H-pyrrole nitrogens is 1. The van der Waals surface area contributed by atoms with E-state index in [2.05, 4.69) is 20.8 Å². The number of nitrogens with one attached hydrogen (secondary N) is 3. The molecule has 0 bridgehead atoms. The predicted molar refractivity (Wildman–Crippen MR) is 84.6 cm³/mol. The minimum Gasteiger partial charge on any atom is -0.343 e. The summed E-state index contributed by atoms with van der Waals surface area (Å²) < 4.78 is 26.1. The van der Waals surface area contributed by atoms with Crippen LogP contribution in [0.5, 0.6) is 0 Å². The highest BCUT2D eigenvalue weighted by atomic mass is 19.1. The van der Waals surface area contributed by atoms with E-state index in [9.17, 15) is 18.4 Å². The molecule has 1 aromatic heterocycles. The van der Waals surface area contributed by atoms with Gasteiger partial charge in [-0.3, -0.25) is 14.7 Å². The van der Waals surface area contributed by atoms with Crippen molar-refractivity contribution in [3.63, 3.8) is 0 Å². The summed E-state index contributed by atoms with van der Waals surface area (Å²) >= 11 is 0. The number of anilines is 1. The lowest BCUT2D eigenvalue weighted by molar-refractivity contribution is -0.115. The number of hydrogen-bond acceptors (Lipinski definition) is 3. The Morgan fingerprint density at radius 2 is 1.75 bits per heavy atom. The lowest BCUT2D eigenvalue weighted by Crippen LogP contribution is -2.33. The molecule has 0 fully saturated rings. The van der Waals surface area contributed by atoms with Crippen LogP contribution in [0.25, 0.3) is 0 Å². The molecule has 0 saturated carbocycles. The number of aromatic amines is 1. The molecule has 2 amide bonds. The molecule has 0 aliphatic heterocycles. The van der Waals surface area contributed by atoms with Crippen molar-refractivity contribution in [2.75, 3.05) is 11.9 Å². The number of nitrogens with zero attached hydrogens (tertiary/aromatic N) is 1.